The van der Waals surface area contributed by atoms with E-state index in [9.17, 15) is 19.7 Å². The van der Waals surface area contributed by atoms with E-state index in [1.165, 1.54) is 30.5 Å². The molecule has 2 aliphatic rings. The molecule has 3 unspecified atom stereocenters. The van der Waals surface area contributed by atoms with Crippen LogP contribution in [-0.2, 0) is 14.3 Å². The van der Waals surface area contributed by atoms with Crippen molar-refractivity contribution in [2.24, 2.45) is 5.92 Å². The summed E-state index contributed by atoms with van der Waals surface area (Å²) in [6, 6.07) is 12.1. The van der Waals surface area contributed by atoms with E-state index in [2.05, 4.69) is 0 Å². The van der Waals surface area contributed by atoms with Gasteiger partial charge < -0.3 is 14.2 Å². The SMILES string of the molecule is O=C(OC1CCC2C(=O)C(Oc3ccccc3Cl)=COC2C1)c1ccc([N+](=O)[O-])cc1. The lowest BCUT2D eigenvalue weighted by Gasteiger charge is -2.36. The number of nitro benzene ring substituents is 1. The van der Waals surface area contributed by atoms with Gasteiger partial charge in [-0.1, -0.05) is 23.7 Å². The van der Waals surface area contributed by atoms with Crippen LogP contribution >= 0.6 is 11.6 Å². The topological polar surface area (TPSA) is 105 Å². The van der Waals surface area contributed by atoms with Gasteiger partial charge in [0.15, 0.2) is 0 Å². The lowest BCUT2D eigenvalue weighted by atomic mass is 9.80. The number of carbonyl (C=O) groups excluding carboxylic acids is 2. The molecule has 31 heavy (non-hydrogen) atoms. The number of halogens is 1. The van der Waals surface area contributed by atoms with Crippen molar-refractivity contribution in [2.45, 2.75) is 31.5 Å². The second-order valence-electron chi connectivity index (χ2n) is 7.30. The minimum Gasteiger partial charge on any atom is -0.493 e. The molecule has 0 N–H and O–H groups in total. The van der Waals surface area contributed by atoms with Crippen molar-refractivity contribution < 1.29 is 28.7 Å². The molecule has 1 saturated carbocycles. The third kappa shape index (κ3) is 4.54. The van der Waals surface area contributed by atoms with Crippen LogP contribution in [0.1, 0.15) is 29.6 Å². The van der Waals surface area contributed by atoms with Gasteiger partial charge in [-0.05, 0) is 37.1 Å². The number of Topliss-reactive ketones (excluding diaryl/α,β-unsaturated/α-hetero) is 1. The normalized spacial score (nSPS) is 22.5. The molecule has 2 aromatic rings. The first-order chi connectivity index (χ1) is 14.9. The number of hydrogen-bond acceptors (Lipinski definition) is 7. The Morgan fingerprint density at radius 1 is 1.13 bits per heavy atom. The maximum atomic E-state index is 12.8. The molecule has 4 rings (SSSR count). The highest BCUT2D eigenvalue weighted by molar-refractivity contribution is 6.32. The second kappa shape index (κ2) is 8.77. The fourth-order valence-corrected chi connectivity index (χ4v) is 3.87. The predicted octanol–water partition coefficient (Wildman–Crippen LogP) is 4.46. The maximum absolute atomic E-state index is 12.8. The fourth-order valence-electron chi connectivity index (χ4n) is 3.70. The number of hydrogen-bond donors (Lipinski definition) is 0. The summed E-state index contributed by atoms with van der Waals surface area (Å²) >= 11 is 6.08. The summed E-state index contributed by atoms with van der Waals surface area (Å²) in [5.41, 5.74) is 0.122. The number of carbonyl (C=O) groups is 2. The van der Waals surface area contributed by atoms with Crippen LogP contribution in [0.4, 0.5) is 5.69 Å². The van der Waals surface area contributed by atoms with Crippen LogP contribution in [0.25, 0.3) is 0 Å². The highest BCUT2D eigenvalue weighted by Crippen LogP contribution is 2.36. The Morgan fingerprint density at radius 2 is 1.87 bits per heavy atom. The Labute approximate surface area is 182 Å². The van der Waals surface area contributed by atoms with Crippen molar-refractivity contribution in [1.82, 2.24) is 0 Å². The summed E-state index contributed by atoms with van der Waals surface area (Å²) in [5.74, 6) is -0.667. The number of non-ortho nitro benzene ring substituents is 1. The van der Waals surface area contributed by atoms with E-state index in [1.54, 1.807) is 24.3 Å². The Balaban J connectivity index is 1.38. The van der Waals surface area contributed by atoms with Crippen LogP contribution in [0.5, 0.6) is 5.75 Å². The maximum Gasteiger partial charge on any atom is 0.338 e. The molecular formula is C22H18ClNO7. The number of nitrogens with zero attached hydrogens (tertiary/aromatic N) is 1. The molecule has 0 amide bonds. The van der Waals surface area contributed by atoms with E-state index in [0.717, 1.165) is 0 Å². The Bertz CT molecular complexity index is 1050. The molecule has 0 spiro atoms. The Kier molecular flexibility index (Phi) is 5.90. The van der Waals surface area contributed by atoms with Crippen molar-refractivity contribution in [3.05, 3.63) is 81.3 Å². The monoisotopic (exact) mass is 443 g/mol. The number of fused-ring (bicyclic) bond motifs is 1. The number of esters is 1. The summed E-state index contributed by atoms with van der Waals surface area (Å²) in [5, 5.41) is 11.1. The van der Waals surface area contributed by atoms with Crippen molar-refractivity contribution in [2.75, 3.05) is 0 Å². The van der Waals surface area contributed by atoms with Gasteiger partial charge in [0.05, 0.1) is 21.4 Å². The quantitative estimate of drug-likeness (QED) is 0.381. The highest BCUT2D eigenvalue weighted by Gasteiger charge is 2.42. The highest BCUT2D eigenvalue weighted by atomic mass is 35.5. The van der Waals surface area contributed by atoms with E-state index in [1.807, 2.05) is 0 Å². The molecule has 8 nitrogen and oxygen atoms in total. The lowest BCUT2D eigenvalue weighted by molar-refractivity contribution is -0.384. The molecule has 1 fully saturated rings. The molecule has 1 aliphatic heterocycles. The zero-order valence-corrected chi connectivity index (χ0v) is 17.0. The number of ether oxygens (including phenoxy) is 3. The summed E-state index contributed by atoms with van der Waals surface area (Å²) in [6.07, 6.45) is 1.78. The minimum atomic E-state index is -0.571. The molecule has 2 aromatic carbocycles. The van der Waals surface area contributed by atoms with Crippen LogP contribution < -0.4 is 4.74 Å². The standard InChI is InChI=1S/C22H18ClNO7/c23-17-3-1-2-4-18(17)31-20-12-29-19-11-15(9-10-16(19)21(20)25)30-22(26)13-5-7-14(8-6-13)24(27)28/h1-8,12,15-16,19H,9-11H2. The number of allylic oxidation sites excluding steroid dienone is 1. The van der Waals surface area contributed by atoms with Crippen LogP contribution in [0.2, 0.25) is 5.02 Å². The largest absolute Gasteiger partial charge is 0.493 e. The van der Waals surface area contributed by atoms with Gasteiger partial charge in [-0.2, -0.15) is 0 Å². The summed E-state index contributed by atoms with van der Waals surface area (Å²) in [7, 11) is 0. The molecule has 0 aromatic heterocycles. The van der Waals surface area contributed by atoms with Gasteiger partial charge in [-0.15, -0.1) is 0 Å². The zero-order chi connectivity index (χ0) is 22.0. The molecule has 9 heteroatoms. The molecule has 0 saturated heterocycles. The van der Waals surface area contributed by atoms with E-state index in [-0.39, 0.29) is 22.8 Å². The van der Waals surface area contributed by atoms with Crippen molar-refractivity contribution in [1.29, 1.82) is 0 Å². The molecule has 0 bridgehead atoms. The van der Waals surface area contributed by atoms with E-state index in [0.29, 0.717) is 30.0 Å². The molecule has 3 atom stereocenters. The van der Waals surface area contributed by atoms with Gasteiger partial charge in [-0.25, -0.2) is 4.79 Å². The van der Waals surface area contributed by atoms with E-state index < -0.39 is 29.0 Å². The molecular weight excluding hydrogens is 426 g/mol. The lowest BCUT2D eigenvalue weighted by Crippen LogP contribution is -2.43. The predicted molar refractivity (Wildman–Crippen MR) is 110 cm³/mol. The third-order valence-electron chi connectivity index (χ3n) is 5.32. The third-order valence-corrected chi connectivity index (χ3v) is 5.63. The van der Waals surface area contributed by atoms with Gasteiger partial charge >= 0.3 is 5.97 Å². The first-order valence-corrected chi connectivity index (χ1v) is 10.1. The summed E-state index contributed by atoms with van der Waals surface area (Å²) in [6.45, 7) is 0. The van der Waals surface area contributed by atoms with Crippen LogP contribution in [0.15, 0.2) is 60.6 Å². The molecule has 0 radical (unpaired) electrons. The zero-order valence-electron chi connectivity index (χ0n) is 16.2. The number of ketones is 1. The number of rotatable bonds is 5. The first kappa shape index (κ1) is 20.9. The molecule has 160 valence electrons. The fraction of sp³-hybridized carbons (Fsp3) is 0.273. The molecule has 1 aliphatic carbocycles. The summed E-state index contributed by atoms with van der Waals surface area (Å²) < 4.78 is 16.9. The van der Waals surface area contributed by atoms with Gasteiger partial charge in [0.2, 0.25) is 11.5 Å². The smallest absolute Gasteiger partial charge is 0.338 e. The second-order valence-corrected chi connectivity index (χ2v) is 7.71. The van der Waals surface area contributed by atoms with Crippen LogP contribution in [-0.4, -0.2) is 28.9 Å². The average molecular weight is 444 g/mol. The van der Waals surface area contributed by atoms with E-state index >= 15 is 0 Å². The van der Waals surface area contributed by atoms with Crippen LogP contribution in [0, 0.1) is 16.0 Å². The average Bonchev–Trinajstić information content (AvgIpc) is 2.77. The molecule has 1 heterocycles. The van der Waals surface area contributed by atoms with E-state index in [4.69, 9.17) is 25.8 Å². The van der Waals surface area contributed by atoms with Gasteiger partial charge in [0.1, 0.15) is 24.2 Å². The Hall–Kier alpha value is -3.39. The van der Waals surface area contributed by atoms with Crippen molar-refractivity contribution >= 4 is 29.0 Å². The number of nitro groups is 1. The van der Waals surface area contributed by atoms with Crippen molar-refractivity contribution in [3.8, 4) is 5.75 Å². The number of benzene rings is 2. The van der Waals surface area contributed by atoms with Crippen LogP contribution in [0.3, 0.4) is 0 Å². The minimum absolute atomic E-state index is 0.0932. The van der Waals surface area contributed by atoms with Crippen molar-refractivity contribution in [3.63, 3.8) is 0 Å². The van der Waals surface area contributed by atoms with Gasteiger partial charge in [0, 0.05) is 18.6 Å². The number of para-hydroxylation sites is 1. The Morgan fingerprint density at radius 3 is 2.58 bits per heavy atom. The summed E-state index contributed by atoms with van der Waals surface area (Å²) in [4.78, 5) is 35.4. The first-order valence-electron chi connectivity index (χ1n) is 9.70. The van der Waals surface area contributed by atoms with Gasteiger partial charge in [0.25, 0.3) is 5.69 Å². The van der Waals surface area contributed by atoms with Gasteiger partial charge in [-0.3, -0.25) is 14.9 Å².